The molecule has 0 spiro atoms. The Bertz CT molecular complexity index is 1120. The molecule has 118 valence electrons. The van der Waals surface area contributed by atoms with Crippen LogP contribution in [0.15, 0.2) is 51.6 Å². The molecular weight excluding hydrogens is 376 g/mol. The lowest BCUT2D eigenvalue weighted by Crippen LogP contribution is -1.87. The van der Waals surface area contributed by atoms with Gasteiger partial charge in [-0.25, -0.2) is 4.98 Å². The van der Waals surface area contributed by atoms with Crippen LogP contribution < -0.4 is 0 Å². The first-order chi connectivity index (χ1) is 11.9. The summed E-state index contributed by atoms with van der Waals surface area (Å²) in [6, 6.07) is 10.5. The Morgan fingerprint density at radius 1 is 1.08 bits per heavy atom. The predicted molar refractivity (Wildman–Crippen MR) is 103 cm³/mol. The van der Waals surface area contributed by atoms with E-state index in [0.29, 0.717) is 0 Å². The minimum atomic E-state index is 0.797. The summed E-state index contributed by atoms with van der Waals surface area (Å²) in [7, 11) is 0. The Morgan fingerprint density at radius 2 is 2.04 bits per heavy atom. The van der Waals surface area contributed by atoms with Gasteiger partial charge in [0, 0.05) is 22.1 Å². The molecule has 0 unspecified atom stereocenters. The van der Waals surface area contributed by atoms with E-state index in [-0.39, 0.29) is 0 Å². The molecule has 0 fully saturated rings. The minimum absolute atomic E-state index is 0.797. The molecule has 0 saturated carbocycles. The normalized spacial score (nSPS) is 11.7. The lowest BCUT2D eigenvalue weighted by Gasteiger charge is -1.97. The number of hydrogen-bond acceptors (Lipinski definition) is 7. The van der Waals surface area contributed by atoms with Gasteiger partial charge in [0.05, 0.1) is 15.9 Å². The Morgan fingerprint density at radius 3 is 2.96 bits per heavy atom. The Kier molecular flexibility index (Phi) is 3.62. The topological polar surface area (TPSA) is 43.1 Å². The summed E-state index contributed by atoms with van der Waals surface area (Å²) in [6.07, 6.45) is 0. The highest BCUT2D eigenvalue weighted by Gasteiger charge is 2.13. The first kappa shape index (κ1) is 14.6. The van der Waals surface area contributed by atoms with Gasteiger partial charge < -0.3 is 0 Å². The number of nitrogens with zero attached hydrogens (tertiary/aromatic N) is 4. The first-order valence-electron chi connectivity index (χ1n) is 7.21. The number of aromatic nitrogens is 4. The van der Waals surface area contributed by atoms with E-state index in [1.807, 2.05) is 0 Å². The summed E-state index contributed by atoms with van der Waals surface area (Å²) in [4.78, 5) is 5.67. The van der Waals surface area contributed by atoms with Crippen molar-refractivity contribution in [3.05, 3.63) is 52.2 Å². The summed E-state index contributed by atoms with van der Waals surface area (Å²) < 4.78 is 3.37. The fourth-order valence-corrected chi connectivity index (χ4v) is 5.98. The van der Waals surface area contributed by atoms with Crippen molar-refractivity contribution in [3.8, 4) is 10.6 Å². The number of fused-ring (bicyclic) bond motifs is 3. The molecule has 0 radical (unpaired) electrons. The fourth-order valence-electron chi connectivity index (χ4n) is 2.48. The average Bonchev–Trinajstić information content (AvgIpc) is 3.36. The van der Waals surface area contributed by atoms with Gasteiger partial charge in [-0.3, -0.25) is 4.40 Å². The molecule has 5 aromatic rings. The van der Waals surface area contributed by atoms with E-state index in [4.69, 9.17) is 4.98 Å². The molecule has 0 saturated heterocycles. The van der Waals surface area contributed by atoms with Gasteiger partial charge >= 0.3 is 0 Å². The lowest BCUT2D eigenvalue weighted by molar-refractivity contribution is 0.939. The van der Waals surface area contributed by atoms with Gasteiger partial charge in [-0.15, -0.1) is 21.5 Å². The zero-order chi connectivity index (χ0) is 15.9. The molecule has 0 aliphatic rings. The first-order valence-corrected chi connectivity index (χ1v) is 10.8. The second-order valence-corrected chi connectivity index (χ2v) is 8.70. The third-order valence-corrected chi connectivity index (χ3v) is 7.18. The van der Waals surface area contributed by atoms with Crippen LogP contribution in [-0.2, 0) is 5.75 Å². The monoisotopic (exact) mass is 386 g/mol. The summed E-state index contributed by atoms with van der Waals surface area (Å²) in [5, 5.41) is 17.0. The quantitative estimate of drug-likeness (QED) is 0.387. The molecule has 5 rings (SSSR count). The van der Waals surface area contributed by atoms with Gasteiger partial charge in [0.1, 0.15) is 5.01 Å². The van der Waals surface area contributed by atoms with Crippen molar-refractivity contribution in [1.29, 1.82) is 0 Å². The van der Waals surface area contributed by atoms with Gasteiger partial charge in [-0.2, -0.15) is 11.3 Å². The van der Waals surface area contributed by atoms with E-state index in [1.165, 1.54) is 15.8 Å². The summed E-state index contributed by atoms with van der Waals surface area (Å²) in [5.74, 6) is 0.797. The van der Waals surface area contributed by atoms with Crippen LogP contribution >= 0.6 is 45.8 Å². The van der Waals surface area contributed by atoms with Crippen molar-refractivity contribution in [2.75, 3.05) is 0 Å². The maximum atomic E-state index is 4.73. The lowest BCUT2D eigenvalue weighted by atomic mass is 10.3. The summed E-state index contributed by atoms with van der Waals surface area (Å²) in [5.41, 5.74) is 3.46. The molecular formula is C16H10N4S4. The van der Waals surface area contributed by atoms with E-state index in [9.17, 15) is 0 Å². The number of thiazole rings is 2. The van der Waals surface area contributed by atoms with Gasteiger partial charge in [0.2, 0.25) is 4.96 Å². The third kappa shape index (κ3) is 2.46. The van der Waals surface area contributed by atoms with Crippen molar-refractivity contribution < 1.29 is 0 Å². The number of rotatable bonds is 4. The molecule has 0 N–H and O–H groups in total. The van der Waals surface area contributed by atoms with Crippen LogP contribution in [0.25, 0.3) is 25.7 Å². The van der Waals surface area contributed by atoms with Crippen LogP contribution in [-0.4, -0.2) is 19.6 Å². The van der Waals surface area contributed by atoms with Gasteiger partial charge in [-0.1, -0.05) is 35.2 Å². The maximum Gasteiger partial charge on any atom is 0.217 e. The molecule has 4 aromatic heterocycles. The number of para-hydroxylation sites is 1. The maximum absolute atomic E-state index is 4.73. The van der Waals surface area contributed by atoms with Gasteiger partial charge in [0.25, 0.3) is 0 Å². The smallest absolute Gasteiger partial charge is 0.217 e. The zero-order valence-electron chi connectivity index (χ0n) is 12.2. The second kappa shape index (κ2) is 5.96. The van der Waals surface area contributed by atoms with Crippen molar-refractivity contribution in [2.45, 2.75) is 10.9 Å². The molecule has 1 aromatic carbocycles. The van der Waals surface area contributed by atoms with Crippen molar-refractivity contribution >= 4 is 60.9 Å². The average molecular weight is 387 g/mol. The Labute approximate surface area is 153 Å². The molecule has 0 aliphatic heterocycles. The molecule has 0 aliphatic carbocycles. The molecule has 4 heterocycles. The Hall–Kier alpha value is -1.74. The number of benzene rings is 1. The van der Waals surface area contributed by atoms with Crippen LogP contribution in [0.3, 0.4) is 0 Å². The summed E-state index contributed by atoms with van der Waals surface area (Å²) >= 11 is 6.75. The van der Waals surface area contributed by atoms with Crippen LogP contribution in [0, 0.1) is 0 Å². The third-order valence-electron chi connectivity index (χ3n) is 3.58. The molecule has 8 heteroatoms. The second-order valence-electron chi connectivity index (χ2n) is 5.12. The fraction of sp³-hybridized carbons (Fsp3) is 0.0625. The Balaban J connectivity index is 1.43. The van der Waals surface area contributed by atoms with Crippen molar-refractivity contribution in [1.82, 2.24) is 19.6 Å². The van der Waals surface area contributed by atoms with Crippen LogP contribution in [0.5, 0.6) is 0 Å². The zero-order valence-corrected chi connectivity index (χ0v) is 15.5. The van der Waals surface area contributed by atoms with Gasteiger partial charge in [-0.05, 0) is 23.6 Å². The van der Waals surface area contributed by atoms with E-state index < -0.39 is 0 Å². The van der Waals surface area contributed by atoms with Gasteiger partial charge in [0.15, 0.2) is 5.16 Å². The molecule has 0 bridgehead atoms. The minimum Gasteiger partial charge on any atom is -0.260 e. The number of thiophene rings is 1. The molecule has 24 heavy (non-hydrogen) atoms. The highest BCUT2D eigenvalue weighted by molar-refractivity contribution is 7.98. The summed E-state index contributed by atoms with van der Waals surface area (Å²) in [6.45, 7) is 0. The highest BCUT2D eigenvalue weighted by Crippen LogP contribution is 2.32. The standard InChI is InChI=1S/C16H10N4S4/c1-2-4-13-12(3-1)20-15(18-19-16(20)24-13)23-9-11-8-22-14(17-11)10-5-6-21-7-10/h1-8H,9H2. The van der Waals surface area contributed by atoms with Crippen molar-refractivity contribution in [2.24, 2.45) is 0 Å². The predicted octanol–water partition coefficient (Wildman–Crippen LogP) is 5.42. The SMILES string of the molecule is c1ccc2c(c1)sc1nnc(SCc3csc(-c4ccsc4)n3)n12. The van der Waals surface area contributed by atoms with Crippen LogP contribution in [0.1, 0.15) is 5.69 Å². The van der Waals surface area contributed by atoms with Crippen molar-refractivity contribution in [3.63, 3.8) is 0 Å². The molecule has 4 nitrogen and oxygen atoms in total. The number of thioether (sulfide) groups is 1. The van der Waals surface area contributed by atoms with Crippen LogP contribution in [0.2, 0.25) is 0 Å². The van der Waals surface area contributed by atoms with E-state index in [0.717, 1.165) is 26.6 Å². The van der Waals surface area contributed by atoms with E-state index in [2.05, 4.69) is 61.1 Å². The molecule has 0 atom stereocenters. The highest BCUT2D eigenvalue weighted by atomic mass is 32.2. The van der Waals surface area contributed by atoms with Crippen LogP contribution in [0.4, 0.5) is 0 Å². The molecule has 0 amide bonds. The number of hydrogen-bond donors (Lipinski definition) is 0. The largest absolute Gasteiger partial charge is 0.260 e. The van der Waals surface area contributed by atoms with E-state index >= 15 is 0 Å². The van der Waals surface area contributed by atoms with E-state index in [1.54, 1.807) is 45.8 Å².